The molecule has 3 aliphatic heterocycles. The molecule has 3 saturated heterocycles. The standard InChI is InChI=1S/C19H20N4O.C18H22N4O.C17H22N4/c1-2-4-14(5-3-1)17-12-19(23-22-17)21-16-8-6-15(7-9-16)18-13-20-10-11-24-18;1-12-8-14(17-11-19-6-7-23-17)4-5-16(12)22-18-20-9-15(10-21-18)13-2-3-13;1-2-13-10-19-17(20-11-13)21-16-7-5-14(6-8-16)15-4-3-9-18-12-15/h1-9,12,18,20H,10-11,13H2,(H2,21,22,23);4-5,8-10,13,17,19H,2-3,6-7,11H2,1H3,(H,20,21,22);5-8,10-11,15,18H,2-4,9,12H2,1H3,(H,19,20,21)/t18-;17-;15-/m111/s1. The molecule has 68 heavy (non-hydrogen) atoms. The Bertz CT molecular complexity index is 2590. The predicted molar refractivity (Wildman–Crippen MR) is 271 cm³/mol. The Balaban J connectivity index is 0.000000128. The zero-order chi connectivity index (χ0) is 46.3. The summed E-state index contributed by atoms with van der Waals surface area (Å²) in [4.78, 5) is 17.5. The van der Waals surface area contributed by atoms with Crippen molar-refractivity contribution in [2.45, 2.75) is 70.0 Å². The smallest absolute Gasteiger partial charge is 0.227 e. The van der Waals surface area contributed by atoms with Crippen LogP contribution in [0.4, 0.5) is 34.8 Å². The molecule has 14 nitrogen and oxygen atoms in total. The van der Waals surface area contributed by atoms with Crippen molar-refractivity contribution >= 4 is 34.8 Å². The molecule has 4 fully saturated rings. The SMILES string of the molecule is CCc1cnc(Nc2ccc([C@@H]3CCCNC3)cc2)nc1.Cc1cc([C@H]2CNCCO2)ccc1Nc1ncc(C2CC2)cn1.c1ccc(-c2cc(Nc3ccc([C@H]4CNCCO4)cc3)n[nH]2)cc1. The highest BCUT2D eigenvalue weighted by Crippen LogP contribution is 2.39. The van der Waals surface area contributed by atoms with Gasteiger partial charge in [-0.15, -0.1) is 0 Å². The van der Waals surface area contributed by atoms with Gasteiger partial charge in [-0.3, -0.25) is 5.10 Å². The topological polar surface area (TPSA) is 171 Å². The number of nitrogens with one attached hydrogen (secondary N) is 7. The molecular weight excluding hydrogens is 849 g/mol. The second kappa shape index (κ2) is 23.5. The van der Waals surface area contributed by atoms with Crippen LogP contribution in [0.15, 0.2) is 128 Å². The lowest BCUT2D eigenvalue weighted by atomic mass is 9.92. The first-order chi connectivity index (χ1) is 33.5. The second-order valence-electron chi connectivity index (χ2n) is 17.8. The van der Waals surface area contributed by atoms with Gasteiger partial charge in [-0.2, -0.15) is 5.10 Å². The maximum atomic E-state index is 5.81. The number of anilines is 6. The molecule has 3 aromatic heterocycles. The van der Waals surface area contributed by atoms with Crippen molar-refractivity contribution in [2.24, 2.45) is 0 Å². The Hall–Kier alpha value is -6.55. The molecule has 7 N–H and O–H groups in total. The van der Waals surface area contributed by atoms with E-state index < -0.39 is 0 Å². The highest BCUT2D eigenvalue weighted by molar-refractivity contribution is 5.66. The molecule has 4 aromatic carbocycles. The van der Waals surface area contributed by atoms with Gasteiger partial charge in [0, 0.05) is 80.6 Å². The average molecular weight is 913 g/mol. The summed E-state index contributed by atoms with van der Waals surface area (Å²) >= 11 is 0. The summed E-state index contributed by atoms with van der Waals surface area (Å²) in [7, 11) is 0. The van der Waals surface area contributed by atoms with Gasteiger partial charge in [0.1, 0.15) is 0 Å². The Morgan fingerprint density at radius 1 is 0.574 bits per heavy atom. The number of rotatable bonds is 12. The summed E-state index contributed by atoms with van der Waals surface area (Å²) in [6, 6.07) is 35.5. The average Bonchev–Trinajstić information content (AvgIpc) is 4.16. The molecule has 0 radical (unpaired) electrons. The number of piperidine rings is 1. The second-order valence-corrected chi connectivity index (χ2v) is 17.8. The molecule has 0 bridgehead atoms. The molecule has 0 unspecified atom stereocenters. The van der Waals surface area contributed by atoms with Crippen LogP contribution in [0.3, 0.4) is 0 Å². The summed E-state index contributed by atoms with van der Waals surface area (Å²) in [6.07, 6.45) is 14.0. The van der Waals surface area contributed by atoms with Crippen molar-refractivity contribution in [1.29, 1.82) is 0 Å². The molecule has 6 heterocycles. The first-order valence-electron chi connectivity index (χ1n) is 24.2. The normalized spacial score (nSPS) is 19.1. The van der Waals surface area contributed by atoms with Gasteiger partial charge in [-0.05, 0) is 127 Å². The van der Waals surface area contributed by atoms with Gasteiger partial charge in [0.15, 0.2) is 5.82 Å². The monoisotopic (exact) mass is 913 g/mol. The van der Waals surface area contributed by atoms with Crippen molar-refractivity contribution in [3.63, 3.8) is 0 Å². The maximum Gasteiger partial charge on any atom is 0.227 e. The third kappa shape index (κ3) is 13.1. The van der Waals surface area contributed by atoms with Gasteiger partial charge in [0.05, 0.1) is 31.1 Å². The number of morpholine rings is 2. The van der Waals surface area contributed by atoms with Gasteiger partial charge < -0.3 is 41.4 Å². The number of benzene rings is 4. The fourth-order valence-corrected chi connectivity index (χ4v) is 8.52. The van der Waals surface area contributed by atoms with E-state index >= 15 is 0 Å². The van der Waals surface area contributed by atoms with E-state index in [0.717, 1.165) is 98.6 Å². The molecule has 3 atom stereocenters. The maximum absolute atomic E-state index is 5.81. The van der Waals surface area contributed by atoms with E-state index in [0.29, 0.717) is 23.7 Å². The zero-order valence-electron chi connectivity index (χ0n) is 39.2. The predicted octanol–water partition coefficient (Wildman–Crippen LogP) is 9.80. The molecule has 1 aliphatic carbocycles. The van der Waals surface area contributed by atoms with Crippen LogP contribution in [-0.2, 0) is 15.9 Å². The molecule has 4 aliphatic rings. The minimum Gasteiger partial charge on any atom is -0.371 e. The van der Waals surface area contributed by atoms with Crippen LogP contribution in [0.1, 0.15) is 90.0 Å². The molecular formula is C54H64N12O2. The van der Waals surface area contributed by atoms with Crippen molar-refractivity contribution in [3.8, 4) is 11.3 Å². The van der Waals surface area contributed by atoms with Gasteiger partial charge in [-0.25, -0.2) is 19.9 Å². The number of aromatic amines is 1. The van der Waals surface area contributed by atoms with E-state index in [1.54, 1.807) is 0 Å². The van der Waals surface area contributed by atoms with Crippen LogP contribution < -0.4 is 31.9 Å². The summed E-state index contributed by atoms with van der Waals surface area (Å²) < 4.78 is 11.6. The Morgan fingerprint density at radius 2 is 1.19 bits per heavy atom. The first-order valence-corrected chi connectivity index (χ1v) is 24.2. The number of H-pyrrole nitrogens is 1. The molecule has 0 amide bonds. The lowest BCUT2D eigenvalue weighted by molar-refractivity contribution is 0.0276. The zero-order valence-corrected chi connectivity index (χ0v) is 39.2. The van der Waals surface area contributed by atoms with Crippen molar-refractivity contribution in [1.82, 2.24) is 46.1 Å². The van der Waals surface area contributed by atoms with Crippen molar-refractivity contribution in [2.75, 3.05) is 68.4 Å². The number of nitrogens with zero attached hydrogens (tertiary/aromatic N) is 5. The minimum atomic E-state index is 0.142. The van der Waals surface area contributed by atoms with Crippen LogP contribution in [0.25, 0.3) is 11.3 Å². The first kappa shape index (κ1) is 46.6. The van der Waals surface area contributed by atoms with Gasteiger partial charge in [0.25, 0.3) is 0 Å². The van der Waals surface area contributed by atoms with Crippen LogP contribution in [-0.4, -0.2) is 82.6 Å². The van der Waals surface area contributed by atoms with E-state index in [-0.39, 0.29) is 12.2 Å². The van der Waals surface area contributed by atoms with Crippen LogP contribution in [0.2, 0.25) is 0 Å². The third-order valence-electron chi connectivity index (χ3n) is 12.7. The number of aryl methyl sites for hydroxylation is 2. The Labute approximate surface area is 399 Å². The molecule has 7 aromatic rings. The Kier molecular flexibility index (Phi) is 16.1. The fraction of sp³-hybridized carbons (Fsp3) is 0.352. The number of ether oxygens (including phenoxy) is 2. The third-order valence-corrected chi connectivity index (χ3v) is 12.7. The molecule has 1 saturated carbocycles. The summed E-state index contributed by atoms with van der Waals surface area (Å²) in [5, 5.41) is 27.5. The summed E-state index contributed by atoms with van der Waals surface area (Å²) in [5.41, 5.74) is 12.6. The Morgan fingerprint density at radius 3 is 1.81 bits per heavy atom. The van der Waals surface area contributed by atoms with Gasteiger partial charge >= 0.3 is 0 Å². The number of hydrogen-bond donors (Lipinski definition) is 7. The minimum absolute atomic E-state index is 0.142. The lowest BCUT2D eigenvalue weighted by Crippen LogP contribution is -2.33. The lowest BCUT2D eigenvalue weighted by Gasteiger charge is -2.24. The number of hydrogen-bond acceptors (Lipinski definition) is 13. The summed E-state index contributed by atoms with van der Waals surface area (Å²) in [5.74, 6) is 3.44. The van der Waals surface area contributed by atoms with Gasteiger partial charge in [0.2, 0.25) is 11.9 Å². The molecule has 352 valence electrons. The van der Waals surface area contributed by atoms with E-state index in [9.17, 15) is 0 Å². The summed E-state index contributed by atoms with van der Waals surface area (Å²) in [6.45, 7) is 11.6. The fourth-order valence-electron chi connectivity index (χ4n) is 8.52. The van der Waals surface area contributed by atoms with E-state index in [1.165, 1.54) is 53.5 Å². The van der Waals surface area contributed by atoms with Crippen LogP contribution in [0, 0.1) is 6.92 Å². The number of aromatic nitrogens is 6. The molecule has 0 spiro atoms. The van der Waals surface area contributed by atoms with E-state index in [4.69, 9.17) is 9.47 Å². The van der Waals surface area contributed by atoms with Crippen LogP contribution in [0.5, 0.6) is 0 Å². The quantitative estimate of drug-likeness (QED) is 0.0619. The molecule has 11 rings (SSSR count). The highest BCUT2D eigenvalue weighted by Gasteiger charge is 2.24. The van der Waals surface area contributed by atoms with Gasteiger partial charge in [-0.1, -0.05) is 73.7 Å². The van der Waals surface area contributed by atoms with Crippen molar-refractivity contribution in [3.05, 3.63) is 161 Å². The van der Waals surface area contributed by atoms with Crippen LogP contribution >= 0.6 is 0 Å². The van der Waals surface area contributed by atoms with Crippen molar-refractivity contribution < 1.29 is 9.47 Å². The van der Waals surface area contributed by atoms with E-state index in [1.807, 2.05) is 49.1 Å². The largest absolute Gasteiger partial charge is 0.371 e. The molecule has 14 heteroatoms. The highest BCUT2D eigenvalue weighted by atomic mass is 16.5. The van der Waals surface area contributed by atoms with E-state index in [2.05, 4.69) is 155 Å².